The molecule has 5 nitrogen and oxygen atoms in total. The summed E-state index contributed by atoms with van der Waals surface area (Å²) in [6.07, 6.45) is 1.03. The number of benzene rings is 2. The number of anilines is 2. The average molecular weight is 392 g/mol. The Bertz CT molecular complexity index is 927. The predicted molar refractivity (Wildman–Crippen MR) is 107 cm³/mol. The van der Waals surface area contributed by atoms with E-state index in [4.69, 9.17) is 0 Å². The minimum Gasteiger partial charge on any atom is -0.324 e. The maximum absolute atomic E-state index is 13.7. The van der Waals surface area contributed by atoms with E-state index in [0.29, 0.717) is 5.69 Å². The van der Waals surface area contributed by atoms with Crippen LogP contribution in [0.3, 0.4) is 0 Å². The summed E-state index contributed by atoms with van der Waals surface area (Å²) in [6, 6.07) is 11.5. The van der Waals surface area contributed by atoms with Crippen LogP contribution in [-0.2, 0) is 14.8 Å². The lowest BCUT2D eigenvalue weighted by Crippen LogP contribution is -2.34. The molecule has 1 N–H and O–H groups in total. The van der Waals surface area contributed by atoms with Gasteiger partial charge in [0.15, 0.2) is 0 Å². The molecule has 0 aromatic heterocycles. The molecule has 1 amide bonds. The normalized spacial score (nSPS) is 11.5. The number of aryl methyl sites for hydroxylation is 1. The first kappa shape index (κ1) is 20.9. The van der Waals surface area contributed by atoms with Crippen molar-refractivity contribution in [2.24, 2.45) is 0 Å². The molecule has 0 radical (unpaired) electrons. The second kappa shape index (κ2) is 8.52. The molecule has 2 aromatic carbocycles. The lowest BCUT2D eigenvalue weighted by Gasteiger charge is -2.28. The molecule has 2 rings (SSSR count). The Morgan fingerprint density at radius 3 is 2.41 bits per heavy atom. The first-order valence-electron chi connectivity index (χ1n) is 8.73. The van der Waals surface area contributed by atoms with E-state index in [-0.39, 0.29) is 24.6 Å². The van der Waals surface area contributed by atoms with Gasteiger partial charge in [0.05, 0.1) is 17.6 Å². The first-order valence-corrected chi connectivity index (χ1v) is 10.6. The van der Waals surface area contributed by atoms with E-state index in [1.807, 2.05) is 39.0 Å². The molecule has 0 aliphatic carbocycles. The Labute approximate surface area is 160 Å². The number of para-hydroxylation sites is 2. The molecule has 146 valence electrons. The number of sulfonamides is 1. The van der Waals surface area contributed by atoms with Gasteiger partial charge in [0, 0.05) is 13.0 Å². The van der Waals surface area contributed by atoms with Crippen LogP contribution in [0.2, 0.25) is 0 Å². The van der Waals surface area contributed by atoms with Crippen LogP contribution in [0, 0.1) is 12.7 Å². The van der Waals surface area contributed by atoms with Crippen LogP contribution < -0.4 is 9.62 Å². The Hall–Kier alpha value is -2.41. The van der Waals surface area contributed by atoms with Gasteiger partial charge in [-0.05, 0) is 36.1 Å². The summed E-state index contributed by atoms with van der Waals surface area (Å²) in [4.78, 5) is 12.2. The molecule has 2 aromatic rings. The zero-order valence-corrected chi connectivity index (χ0v) is 16.8. The summed E-state index contributed by atoms with van der Waals surface area (Å²) in [5, 5.41) is 2.49. The van der Waals surface area contributed by atoms with Gasteiger partial charge in [0.2, 0.25) is 15.9 Å². The number of hydrogen-bond acceptors (Lipinski definition) is 3. The molecule has 0 unspecified atom stereocenters. The molecule has 0 spiro atoms. The summed E-state index contributed by atoms with van der Waals surface area (Å²) in [5.41, 5.74) is 2.40. The fourth-order valence-electron chi connectivity index (χ4n) is 2.91. The van der Waals surface area contributed by atoms with Gasteiger partial charge in [0.1, 0.15) is 5.82 Å². The van der Waals surface area contributed by atoms with E-state index in [9.17, 15) is 17.6 Å². The Morgan fingerprint density at radius 1 is 1.15 bits per heavy atom. The number of amides is 1. The van der Waals surface area contributed by atoms with Crippen molar-refractivity contribution in [1.29, 1.82) is 0 Å². The molecule has 7 heteroatoms. The number of nitrogens with zero attached hydrogens (tertiary/aromatic N) is 1. The maximum atomic E-state index is 13.7. The molecular formula is C20H25FN2O3S. The quantitative estimate of drug-likeness (QED) is 0.773. The van der Waals surface area contributed by atoms with Crippen molar-refractivity contribution in [3.05, 3.63) is 59.4 Å². The van der Waals surface area contributed by atoms with Crippen LogP contribution in [0.5, 0.6) is 0 Å². The van der Waals surface area contributed by atoms with Crippen LogP contribution in [0.1, 0.15) is 37.3 Å². The molecule has 0 heterocycles. The minimum absolute atomic E-state index is 0.0241. The van der Waals surface area contributed by atoms with Crippen molar-refractivity contribution < 1.29 is 17.6 Å². The molecule has 0 bridgehead atoms. The van der Waals surface area contributed by atoms with E-state index in [2.05, 4.69) is 5.32 Å². The van der Waals surface area contributed by atoms with Crippen LogP contribution in [0.4, 0.5) is 15.8 Å². The minimum atomic E-state index is -3.59. The van der Waals surface area contributed by atoms with Crippen molar-refractivity contribution in [3.8, 4) is 0 Å². The van der Waals surface area contributed by atoms with Gasteiger partial charge in [-0.2, -0.15) is 0 Å². The lowest BCUT2D eigenvalue weighted by molar-refractivity contribution is -0.116. The molecule has 0 saturated heterocycles. The third kappa shape index (κ3) is 5.29. The van der Waals surface area contributed by atoms with Gasteiger partial charge < -0.3 is 5.32 Å². The van der Waals surface area contributed by atoms with Crippen LogP contribution >= 0.6 is 0 Å². The monoisotopic (exact) mass is 392 g/mol. The zero-order valence-electron chi connectivity index (χ0n) is 16.0. The Balaban J connectivity index is 2.25. The van der Waals surface area contributed by atoms with Crippen molar-refractivity contribution in [1.82, 2.24) is 0 Å². The van der Waals surface area contributed by atoms with Crippen molar-refractivity contribution in [3.63, 3.8) is 0 Å². The highest BCUT2D eigenvalue weighted by Crippen LogP contribution is 2.32. The topological polar surface area (TPSA) is 66.5 Å². The second-order valence-corrected chi connectivity index (χ2v) is 8.69. The Kier molecular flexibility index (Phi) is 6.59. The van der Waals surface area contributed by atoms with Gasteiger partial charge in [-0.15, -0.1) is 0 Å². The van der Waals surface area contributed by atoms with E-state index < -0.39 is 21.7 Å². The number of hydrogen-bond donors (Lipinski definition) is 1. The van der Waals surface area contributed by atoms with Gasteiger partial charge >= 0.3 is 0 Å². The summed E-state index contributed by atoms with van der Waals surface area (Å²) in [7, 11) is -3.59. The SMILES string of the molecule is Cc1cccc(C(C)C)c1N(CCC(=O)Nc1ccccc1F)S(C)(=O)=O. The number of carbonyl (C=O) groups is 1. The molecular weight excluding hydrogens is 367 g/mol. The number of carbonyl (C=O) groups excluding carboxylic acids is 1. The third-order valence-corrected chi connectivity index (χ3v) is 5.40. The predicted octanol–water partition coefficient (Wildman–Crippen LogP) is 4.05. The summed E-state index contributed by atoms with van der Waals surface area (Å²) in [6.45, 7) is 5.80. The second-order valence-electron chi connectivity index (χ2n) is 6.78. The summed E-state index contributed by atoms with van der Waals surface area (Å²) >= 11 is 0. The summed E-state index contributed by atoms with van der Waals surface area (Å²) in [5.74, 6) is -0.864. The Morgan fingerprint density at radius 2 is 1.81 bits per heavy atom. The standard InChI is InChI=1S/C20H25FN2O3S/c1-14(2)16-9-7-8-15(3)20(16)23(27(4,25)26)13-12-19(24)22-18-11-6-5-10-17(18)21/h5-11,14H,12-13H2,1-4H3,(H,22,24). The first-order chi connectivity index (χ1) is 12.6. The van der Waals surface area contributed by atoms with Gasteiger partial charge in [-0.25, -0.2) is 12.8 Å². The smallest absolute Gasteiger partial charge is 0.232 e. The molecule has 0 saturated carbocycles. The lowest BCUT2D eigenvalue weighted by atomic mass is 9.98. The number of halogens is 1. The molecule has 27 heavy (non-hydrogen) atoms. The van der Waals surface area contributed by atoms with Gasteiger partial charge in [0.25, 0.3) is 0 Å². The van der Waals surface area contributed by atoms with Crippen LogP contribution in [0.25, 0.3) is 0 Å². The van der Waals surface area contributed by atoms with E-state index in [1.54, 1.807) is 6.07 Å². The average Bonchev–Trinajstić information content (AvgIpc) is 2.57. The van der Waals surface area contributed by atoms with Gasteiger partial charge in [-0.3, -0.25) is 9.10 Å². The van der Waals surface area contributed by atoms with Crippen LogP contribution in [-0.4, -0.2) is 27.1 Å². The fraction of sp³-hybridized carbons (Fsp3) is 0.350. The highest BCUT2D eigenvalue weighted by molar-refractivity contribution is 7.92. The van der Waals surface area contributed by atoms with Crippen molar-refractivity contribution in [2.45, 2.75) is 33.1 Å². The largest absolute Gasteiger partial charge is 0.324 e. The number of nitrogens with one attached hydrogen (secondary N) is 1. The number of rotatable bonds is 7. The van der Waals surface area contributed by atoms with E-state index in [0.717, 1.165) is 17.4 Å². The molecule has 0 aliphatic heterocycles. The maximum Gasteiger partial charge on any atom is 0.232 e. The van der Waals surface area contributed by atoms with E-state index in [1.165, 1.54) is 22.5 Å². The van der Waals surface area contributed by atoms with E-state index >= 15 is 0 Å². The van der Waals surface area contributed by atoms with Crippen molar-refractivity contribution >= 4 is 27.3 Å². The highest BCUT2D eigenvalue weighted by atomic mass is 32.2. The third-order valence-electron chi connectivity index (χ3n) is 4.23. The molecule has 0 atom stereocenters. The van der Waals surface area contributed by atoms with Crippen LogP contribution in [0.15, 0.2) is 42.5 Å². The summed E-state index contributed by atoms with van der Waals surface area (Å²) < 4.78 is 39.8. The molecule has 0 aliphatic rings. The highest BCUT2D eigenvalue weighted by Gasteiger charge is 2.24. The van der Waals surface area contributed by atoms with Gasteiger partial charge in [-0.1, -0.05) is 44.2 Å². The fourth-order valence-corrected chi connectivity index (χ4v) is 3.91. The van der Waals surface area contributed by atoms with Crippen molar-refractivity contribution in [2.75, 3.05) is 22.4 Å². The molecule has 0 fully saturated rings. The zero-order chi connectivity index (χ0) is 20.2.